The maximum atomic E-state index is 13.4. The number of anilines is 1. The van der Waals surface area contributed by atoms with Crippen molar-refractivity contribution in [3.63, 3.8) is 0 Å². The van der Waals surface area contributed by atoms with Crippen LogP contribution in [-0.2, 0) is 26.9 Å². The van der Waals surface area contributed by atoms with Crippen LogP contribution >= 0.6 is 0 Å². The zero-order valence-electron chi connectivity index (χ0n) is 20.4. The zero-order valence-corrected chi connectivity index (χ0v) is 20.4. The highest BCUT2D eigenvalue weighted by Gasteiger charge is 2.43. The molecule has 35 heavy (non-hydrogen) atoms. The van der Waals surface area contributed by atoms with Crippen LogP contribution in [-0.4, -0.2) is 86.7 Å². The fourth-order valence-electron chi connectivity index (χ4n) is 5.22. The third-order valence-electron chi connectivity index (χ3n) is 7.20. The highest BCUT2D eigenvalue weighted by Crippen LogP contribution is 2.39. The Morgan fingerprint density at radius 3 is 2.57 bits per heavy atom. The van der Waals surface area contributed by atoms with Gasteiger partial charge in [-0.2, -0.15) is 13.2 Å². The lowest BCUT2D eigenvalue weighted by atomic mass is 9.82. The van der Waals surface area contributed by atoms with Gasteiger partial charge >= 0.3 is 6.18 Å². The number of alkyl halides is 3. The van der Waals surface area contributed by atoms with Crippen LogP contribution in [0.15, 0.2) is 18.2 Å². The molecule has 0 saturated carbocycles. The largest absolute Gasteiger partial charge is 0.416 e. The summed E-state index contributed by atoms with van der Waals surface area (Å²) in [7, 11) is 0. The Balaban J connectivity index is 1.53. The van der Waals surface area contributed by atoms with Gasteiger partial charge in [-0.25, -0.2) is 0 Å². The Bertz CT molecular complexity index is 918. The minimum absolute atomic E-state index is 0.0470. The predicted octanol–water partition coefficient (Wildman–Crippen LogP) is 2.39. The minimum atomic E-state index is -4.43. The Morgan fingerprint density at radius 2 is 1.89 bits per heavy atom. The van der Waals surface area contributed by atoms with Crippen molar-refractivity contribution in [2.24, 2.45) is 11.8 Å². The number of nitrogens with zero attached hydrogens (tertiary/aromatic N) is 3. The molecule has 194 valence electrons. The number of hydrogen-bond acceptors (Lipinski definition) is 5. The summed E-state index contributed by atoms with van der Waals surface area (Å²) in [5.41, 5.74) is 0.620. The van der Waals surface area contributed by atoms with Crippen molar-refractivity contribution in [1.82, 2.24) is 15.1 Å². The van der Waals surface area contributed by atoms with Gasteiger partial charge in [-0.1, -0.05) is 13.8 Å². The lowest BCUT2D eigenvalue weighted by Crippen LogP contribution is -2.62. The number of rotatable bonds is 6. The topological polar surface area (TPSA) is 65.1 Å². The van der Waals surface area contributed by atoms with Crippen molar-refractivity contribution in [3.8, 4) is 0 Å². The van der Waals surface area contributed by atoms with E-state index >= 15 is 0 Å². The molecule has 3 aliphatic rings. The molecule has 10 heteroatoms. The molecule has 0 aliphatic carbocycles. The van der Waals surface area contributed by atoms with E-state index in [1.807, 2.05) is 0 Å². The fraction of sp³-hybridized carbons (Fsp3) is 0.680. The van der Waals surface area contributed by atoms with E-state index in [2.05, 4.69) is 29.0 Å². The van der Waals surface area contributed by atoms with Crippen molar-refractivity contribution in [3.05, 3.63) is 29.3 Å². The first-order chi connectivity index (χ1) is 16.6. The lowest BCUT2D eigenvalue weighted by Gasteiger charge is -2.49. The van der Waals surface area contributed by atoms with Crippen LogP contribution < -0.4 is 10.2 Å². The first-order valence-electron chi connectivity index (χ1n) is 12.5. The molecule has 3 aliphatic heterocycles. The summed E-state index contributed by atoms with van der Waals surface area (Å²) < 4.78 is 45.4. The average molecular weight is 497 g/mol. The summed E-state index contributed by atoms with van der Waals surface area (Å²) in [5, 5.41) is 3.00. The van der Waals surface area contributed by atoms with Crippen LogP contribution in [0.4, 0.5) is 18.9 Å². The number of hydrogen-bond donors (Lipinski definition) is 1. The van der Waals surface area contributed by atoms with Crippen molar-refractivity contribution in [2.75, 3.05) is 63.9 Å². The molecule has 1 aromatic rings. The highest BCUT2D eigenvalue weighted by molar-refractivity contribution is 5.82. The quantitative estimate of drug-likeness (QED) is 0.655. The average Bonchev–Trinajstić information content (AvgIpc) is 2.82. The Labute approximate surface area is 204 Å². The number of morpholine rings is 1. The molecular weight excluding hydrogens is 461 g/mol. The van der Waals surface area contributed by atoms with E-state index in [1.54, 1.807) is 4.90 Å². The SMILES string of the molecule is CC(C)CCNC(=O)[C@H]1Cc2cc(C(F)(F)F)ccc2N2CCN(CC(=O)N3CCOCC3)C[C@@H]12. The molecule has 4 rings (SSSR count). The molecule has 3 heterocycles. The summed E-state index contributed by atoms with van der Waals surface area (Å²) in [6, 6.07) is 3.64. The summed E-state index contributed by atoms with van der Waals surface area (Å²) in [6.45, 7) is 8.87. The number of carbonyl (C=O) groups is 2. The summed E-state index contributed by atoms with van der Waals surface area (Å²) in [6.07, 6.45) is -3.35. The Hall–Kier alpha value is -2.33. The molecule has 2 atom stereocenters. The summed E-state index contributed by atoms with van der Waals surface area (Å²) in [5.74, 6) is -0.139. The van der Waals surface area contributed by atoms with E-state index in [0.717, 1.165) is 18.2 Å². The first kappa shape index (κ1) is 25.8. The second kappa shape index (κ2) is 10.7. The molecule has 2 fully saturated rings. The second-order valence-corrected chi connectivity index (χ2v) is 10.1. The predicted molar refractivity (Wildman–Crippen MR) is 126 cm³/mol. The van der Waals surface area contributed by atoms with Gasteiger partial charge in [-0.05, 0) is 42.5 Å². The summed E-state index contributed by atoms with van der Waals surface area (Å²) in [4.78, 5) is 32.0. The van der Waals surface area contributed by atoms with Gasteiger partial charge in [0.15, 0.2) is 0 Å². The normalized spacial score (nSPS) is 23.1. The van der Waals surface area contributed by atoms with Crippen molar-refractivity contribution in [1.29, 1.82) is 0 Å². The van der Waals surface area contributed by atoms with Crippen molar-refractivity contribution in [2.45, 2.75) is 38.9 Å². The van der Waals surface area contributed by atoms with Gasteiger partial charge in [0.25, 0.3) is 0 Å². The maximum Gasteiger partial charge on any atom is 0.416 e. The summed E-state index contributed by atoms with van der Waals surface area (Å²) >= 11 is 0. The molecule has 0 spiro atoms. The van der Waals surface area contributed by atoms with Gasteiger partial charge < -0.3 is 19.9 Å². The second-order valence-electron chi connectivity index (χ2n) is 10.1. The molecule has 7 nitrogen and oxygen atoms in total. The van der Waals surface area contributed by atoms with Gasteiger partial charge in [-0.15, -0.1) is 0 Å². The number of halogens is 3. The lowest BCUT2D eigenvalue weighted by molar-refractivity contribution is -0.138. The number of nitrogens with one attached hydrogen (secondary N) is 1. The van der Waals surface area contributed by atoms with E-state index < -0.39 is 17.7 Å². The number of ether oxygens (including phenoxy) is 1. The molecule has 0 bridgehead atoms. The van der Waals surface area contributed by atoms with Crippen LogP contribution in [0.25, 0.3) is 0 Å². The number of benzene rings is 1. The smallest absolute Gasteiger partial charge is 0.378 e. The molecule has 1 N–H and O–H groups in total. The molecule has 2 amide bonds. The number of fused-ring (bicyclic) bond motifs is 3. The van der Waals surface area contributed by atoms with E-state index in [0.29, 0.717) is 64.0 Å². The highest BCUT2D eigenvalue weighted by atomic mass is 19.4. The Morgan fingerprint density at radius 1 is 1.14 bits per heavy atom. The van der Waals surface area contributed by atoms with Gasteiger partial charge in [0.1, 0.15) is 0 Å². The monoisotopic (exact) mass is 496 g/mol. The molecule has 0 aromatic heterocycles. The molecule has 0 radical (unpaired) electrons. The van der Waals surface area contributed by atoms with Gasteiger partial charge in [0.05, 0.1) is 37.3 Å². The number of carbonyl (C=O) groups excluding carboxylic acids is 2. The maximum absolute atomic E-state index is 13.4. The van der Waals surface area contributed by atoms with E-state index in [-0.39, 0.29) is 30.8 Å². The molecule has 1 aromatic carbocycles. The molecule has 0 unspecified atom stereocenters. The van der Waals surface area contributed by atoms with Crippen LogP contribution in [0.5, 0.6) is 0 Å². The third-order valence-corrected chi connectivity index (χ3v) is 7.20. The standard InChI is InChI=1S/C25H35F3N4O3/c1-17(2)5-6-29-24(34)20-14-18-13-19(25(26,27)28)3-4-21(18)32-8-7-30(15-22(20)32)16-23(33)31-9-11-35-12-10-31/h3-4,13,17,20,22H,5-12,14-16H2,1-2H3,(H,29,34)/t20-,22-/m0/s1. The third kappa shape index (κ3) is 6.09. The fourth-order valence-corrected chi connectivity index (χ4v) is 5.22. The van der Waals surface area contributed by atoms with Crippen molar-refractivity contribution >= 4 is 17.5 Å². The van der Waals surface area contributed by atoms with Crippen LogP contribution in [0.2, 0.25) is 0 Å². The van der Waals surface area contributed by atoms with Gasteiger partial charge in [0.2, 0.25) is 11.8 Å². The molecule has 2 saturated heterocycles. The number of piperazine rings is 1. The van der Waals surface area contributed by atoms with E-state index in [4.69, 9.17) is 4.74 Å². The van der Waals surface area contributed by atoms with Crippen LogP contribution in [0, 0.1) is 11.8 Å². The van der Waals surface area contributed by atoms with Crippen LogP contribution in [0.3, 0.4) is 0 Å². The van der Waals surface area contributed by atoms with Crippen molar-refractivity contribution < 1.29 is 27.5 Å². The van der Waals surface area contributed by atoms with Gasteiger partial charge in [0, 0.05) is 45.0 Å². The first-order valence-corrected chi connectivity index (χ1v) is 12.5. The van der Waals surface area contributed by atoms with E-state index in [1.165, 1.54) is 12.1 Å². The number of amides is 2. The van der Waals surface area contributed by atoms with Crippen LogP contribution in [0.1, 0.15) is 31.4 Å². The molecular formula is C25H35F3N4O3. The minimum Gasteiger partial charge on any atom is -0.378 e. The Kier molecular flexibility index (Phi) is 7.90. The van der Waals surface area contributed by atoms with E-state index in [9.17, 15) is 22.8 Å². The van der Waals surface area contributed by atoms with Gasteiger partial charge in [-0.3, -0.25) is 14.5 Å². The zero-order chi connectivity index (χ0) is 25.2.